The summed E-state index contributed by atoms with van der Waals surface area (Å²) >= 11 is 0. The maximum atomic E-state index is 11.7. The van der Waals surface area contributed by atoms with E-state index in [1.165, 1.54) is 4.31 Å². The Morgan fingerprint density at radius 3 is 2.56 bits per heavy atom. The van der Waals surface area contributed by atoms with Crippen LogP contribution in [0.15, 0.2) is 29.3 Å². The highest BCUT2D eigenvalue weighted by atomic mass is 127. The van der Waals surface area contributed by atoms with Crippen molar-refractivity contribution in [3.05, 3.63) is 29.8 Å². The predicted octanol–water partition coefficient (Wildman–Crippen LogP) is 2.08. The number of hydrogen-bond donors (Lipinski definition) is 2. The zero-order valence-electron chi connectivity index (χ0n) is 16.7. The number of ether oxygens (including phenoxy) is 1. The zero-order valence-corrected chi connectivity index (χ0v) is 19.8. The third-order valence-corrected chi connectivity index (χ3v) is 5.83. The van der Waals surface area contributed by atoms with E-state index in [0.717, 1.165) is 36.8 Å². The first-order chi connectivity index (χ1) is 12.4. The third kappa shape index (κ3) is 9.61. The maximum Gasteiger partial charge on any atom is 0.213 e. The lowest BCUT2D eigenvalue weighted by atomic mass is 10.1. The monoisotopic (exact) mass is 512 g/mol. The van der Waals surface area contributed by atoms with Gasteiger partial charge < -0.3 is 15.4 Å². The maximum absolute atomic E-state index is 11.7. The van der Waals surface area contributed by atoms with Crippen LogP contribution in [0.2, 0.25) is 0 Å². The summed E-state index contributed by atoms with van der Waals surface area (Å²) in [5, 5.41) is 6.50. The number of benzene rings is 1. The molecule has 0 aliphatic rings. The lowest BCUT2D eigenvalue weighted by Gasteiger charge is -2.15. The molecule has 0 atom stereocenters. The van der Waals surface area contributed by atoms with Gasteiger partial charge in [0.25, 0.3) is 0 Å². The van der Waals surface area contributed by atoms with E-state index in [1.807, 2.05) is 25.1 Å². The van der Waals surface area contributed by atoms with E-state index < -0.39 is 10.0 Å². The highest BCUT2D eigenvalue weighted by Crippen LogP contribution is 2.17. The lowest BCUT2D eigenvalue weighted by Crippen LogP contribution is -2.38. The van der Waals surface area contributed by atoms with E-state index in [-0.39, 0.29) is 29.7 Å². The Kier molecular flexibility index (Phi) is 13.4. The van der Waals surface area contributed by atoms with Crippen LogP contribution in [0.3, 0.4) is 0 Å². The van der Waals surface area contributed by atoms with Crippen LogP contribution in [0.25, 0.3) is 0 Å². The molecule has 0 unspecified atom stereocenters. The Bertz CT molecular complexity index is 668. The molecule has 1 aromatic rings. The normalized spacial score (nSPS) is 11.8. The number of rotatable bonds is 11. The van der Waals surface area contributed by atoms with Crippen LogP contribution in [0.5, 0.6) is 5.75 Å². The second-order valence-electron chi connectivity index (χ2n) is 5.82. The summed E-state index contributed by atoms with van der Waals surface area (Å²) in [6.07, 6.45) is 1.50. The molecular weight excluding hydrogens is 479 g/mol. The number of para-hydroxylation sites is 1. The number of sulfonamides is 1. The van der Waals surface area contributed by atoms with Crippen molar-refractivity contribution in [1.29, 1.82) is 0 Å². The fourth-order valence-electron chi connectivity index (χ4n) is 2.41. The van der Waals surface area contributed by atoms with Gasteiger partial charge in [-0.15, -0.1) is 24.0 Å². The van der Waals surface area contributed by atoms with Gasteiger partial charge in [0.05, 0.1) is 12.9 Å². The number of aliphatic imine (C=N–C) groups is 1. The quantitative estimate of drug-likeness (QED) is 0.205. The molecule has 156 valence electrons. The van der Waals surface area contributed by atoms with Crippen LogP contribution in [0.4, 0.5) is 0 Å². The van der Waals surface area contributed by atoms with Gasteiger partial charge in [-0.05, 0) is 38.3 Å². The number of halogens is 1. The number of nitrogens with zero attached hydrogens (tertiary/aromatic N) is 2. The topological polar surface area (TPSA) is 83.0 Å². The number of hydrogen-bond acceptors (Lipinski definition) is 4. The molecule has 0 fully saturated rings. The molecule has 0 heterocycles. The van der Waals surface area contributed by atoms with Gasteiger partial charge in [0, 0.05) is 33.2 Å². The first-order valence-electron chi connectivity index (χ1n) is 9.02. The summed E-state index contributed by atoms with van der Waals surface area (Å²) < 4.78 is 30.2. The second kappa shape index (κ2) is 14.0. The summed E-state index contributed by atoms with van der Waals surface area (Å²) in [7, 11) is 0.166. The summed E-state index contributed by atoms with van der Waals surface area (Å²) in [4.78, 5) is 4.51. The molecular formula is C18H33IN4O3S. The largest absolute Gasteiger partial charge is 0.496 e. The number of guanidine groups is 1. The van der Waals surface area contributed by atoms with Crippen molar-refractivity contribution in [2.45, 2.75) is 26.7 Å². The summed E-state index contributed by atoms with van der Waals surface area (Å²) in [6.45, 7) is 6.20. The minimum Gasteiger partial charge on any atom is -0.496 e. The van der Waals surface area contributed by atoms with Crippen LogP contribution in [-0.2, 0) is 16.4 Å². The molecule has 0 aliphatic heterocycles. The summed E-state index contributed by atoms with van der Waals surface area (Å²) in [5.41, 5.74) is 1.14. The number of nitrogens with one attached hydrogen (secondary N) is 2. The van der Waals surface area contributed by atoms with Crippen molar-refractivity contribution in [2.75, 3.05) is 46.1 Å². The fraction of sp³-hybridized carbons (Fsp3) is 0.611. The van der Waals surface area contributed by atoms with E-state index in [9.17, 15) is 8.42 Å². The highest BCUT2D eigenvalue weighted by Gasteiger charge is 2.13. The van der Waals surface area contributed by atoms with Crippen molar-refractivity contribution in [2.24, 2.45) is 4.99 Å². The van der Waals surface area contributed by atoms with Gasteiger partial charge in [-0.1, -0.05) is 18.2 Å². The molecule has 0 radical (unpaired) electrons. The second-order valence-corrected chi connectivity index (χ2v) is 8.19. The Hall–Kier alpha value is -1.07. The molecule has 9 heteroatoms. The molecule has 0 amide bonds. The molecule has 0 aliphatic carbocycles. The third-order valence-electron chi connectivity index (χ3n) is 3.96. The van der Waals surface area contributed by atoms with Crippen LogP contribution in [0, 0.1) is 0 Å². The van der Waals surface area contributed by atoms with E-state index in [0.29, 0.717) is 19.5 Å². The molecule has 1 rings (SSSR count). The predicted molar refractivity (Wildman–Crippen MR) is 123 cm³/mol. The molecule has 0 aromatic heterocycles. The molecule has 27 heavy (non-hydrogen) atoms. The van der Waals surface area contributed by atoms with Crippen LogP contribution in [0.1, 0.15) is 25.8 Å². The van der Waals surface area contributed by atoms with Gasteiger partial charge in [0.15, 0.2) is 5.96 Å². The molecule has 7 nitrogen and oxygen atoms in total. The van der Waals surface area contributed by atoms with Gasteiger partial charge in [0.1, 0.15) is 5.75 Å². The SMILES string of the molecule is CCNC(=NCCCN(C)S(=O)(=O)CC)NCCc1ccccc1OC.I. The zero-order chi connectivity index (χ0) is 19.4. The van der Waals surface area contributed by atoms with E-state index in [4.69, 9.17) is 4.74 Å². The van der Waals surface area contributed by atoms with Crippen molar-refractivity contribution in [1.82, 2.24) is 14.9 Å². The lowest BCUT2D eigenvalue weighted by molar-refractivity contribution is 0.409. The van der Waals surface area contributed by atoms with Gasteiger partial charge in [0.2, 0.25) is 10.0 Å². The molecule has 1 aromatic carbocycles. The first kappa shape index (κ1) is 25.9. The van der Waals surface area contributed by atoms with Gasteiger partial charge in [-0.2, -0.15) is 0 Å². The highest BCUT2D eigenvalue weighted by molar-refractivity contribution is 14.0. The van der Waals surface area contributed by atoms with Crippen LogP contribution < -0.4 is 15.4 Å². The van der Waals surface area contributed by atoms with E-state index in [1.54, 1.807) is 21.1 Å². The standard InChI is InChI=1S/C18H32N4O3S.HI/c1-5-19-18(20-13-9-15-22(3)26(23,24)6-2)21-14-12-16-10-7-8-11-17(16)25-4;/h7-8,10-11H,5-6,9,12-15H2,1-4H3,(H2,19,20,21);1H. The van der Waals surface area contributed by atoms with Crippen LogP contribution in [-0.4, -0.2) is 64.8 Å². The average Bonchev–Trinajstić information content (AvgIpc) is 2.65. The minimum absolute atomic E-state index is 0. The summed E-state index contributed by atoms with van der Waals surface area (Å²) in [6, 6.07) is 7.96. The van der Waals surface area contributed by atoms with E-state index in [2.05, 4.69) is 21.7 Å². The Labute approximate surface area is 181 Å². The van der Waals surface area contributed by atoms with Crippen molar-refractivity contribution in [3.63, 3.8) is 0 Å². The van der Waals surface area contributed by atoms with Crippen molar-refractivity contribution in [3.8, 4) is 5.75 Å². The molecule has 0 saturated carbocycles. The Balaban J connectivity index is 0.00000676. The van der Waals surface area contributed by atoms with Gasteiger partial charge in [-0.25, -0.2) is 12.7 Å². The Morgan fingerprint density at radius 1 is 1.22 bits per heavy atom. The summed E-state index contributed by atoms with van der Waals surface area (Å²) in [5.74, 6) is 1.75. The van der Waals surface area contributed by atoms with E-state index >= 15 is 0 Å². The Morgan fingerprint density at radius 2 is 1.93 bits per heavy atom. The molecule has 2 N–H and O–H groups in total. The molecule has 0 spiro atoms. The smallest absolute Gasteiger partial charge is 0.213 e. The molecule has 0 saturated heterocycles. The molecule has 0 bridgehead atoms. The minimum atomic E-state index is -3.12. The fourth-order valence-corrected chi connectivity index (χ4v) is 3.26. The van der Waals surface area contributed by atoms with Gasteiger partial charge >= 0.3 is 0 Å². The van der Waals surface area contributed by atoms with Crippen molar-refractivity contribution < 1.29 is 13.2 Å². The number of methoxy groups -OCH3 is 1. The average molecular weight is 512 g/mol. The first-order valence-corrected chi connectivity index (χ1v) is 10.6. The van der Waals surface area contributed by atoms with Gasteiger partial charge in [-0.3, -0.25) is 4.99 Å². The van der Waals surface area contributed by atoms with Crippen LogP contribution >= 0.6 is 24.0 Å². The van der Waals surface area contributed by atoms with Crippen molar-refractivity contribution >= 4 is 40.0 Å².